The van der Waals surface area contributed by atoms with Crippen LogP contribution in [-0.4, -0.2) is 17.8 Å². The fraction of sp³-hybridized carbons (Fsp3) is 0.846. The molecule has 15 heavy (non-hydrogen) atoms. The Labute approximate surface area is 92.3 Å². The lowest BCUT2D eigenvalue weighted by molar-refractivity contribution is 0.0379. The second-order valence-electron chi connectivity index (χ2n) is 5.38. The molecule has 1 N–H and O–H groups in total. The van der Waals surface area contributed by atoms with E-state index in [-0.39, 0.29) is 6.61 Å². The lowest BCUT2D eigenvalue weighted by atomic mass is 9.85. The smallest absolute Gasteiger partial charge is 0.115 e. The van der Waals surface area contributed by atoms with Gasteiger partial charge in [-0.05, 0) is 42.9 Å². The normalized spacial score (nSPS) is 44.1. The van der Waals surface area contributed by atoms with Gasteiger partial charge in [0, 0.05) is 0 Å². The quantitative estimate of drug-likeness (QED) is 0.725. The van der Waals surface area contributed by atoms with Crippen molar-refractivity contribution < 1.29 is 9.84 Å². The Morgan fingerprint density at radius 1 is 1.20 bits per heavy atom. The summed E-state index contributed by atoms with van der Waals surface area (Å²) in [6, 6.07) is 0. The van der Waals surface area contributed by atoms with Gasteiger partial charge in [-0.3, -0.25) is 0 Å². The monoisotopic (exact) mass is 210 g/mol. The van der Waals surface area contributed by atoms with Crippen molar-refractivity contribution in [3.8, 4) is 0 Å². The Morgan fingerprint density at radius 2 is 1.73 bits per heavy atom. The van der Waals surface area contributed by atoms with Crippen LogP contribution in [0.4, 0.5) is 0 Å². The van der Waals surface area contributed by atoms with E-state index in [1.165, 1.54) is 6.42 Å². The summed E-state index contributed by atoms with van der Waals surface area (Å²) >= 11 is 0. The lowest BCUT2D eigenvalue weighted by Crippen LogP contribution is -2.24. The van der Waals surface area contributed by atoms with Gasteiger partial charge in [0.25, 0.3) is 0 Å². The molecule has 0 amide bonds. The zero-order valence-electron chi connectivity index (χ0n) is 9.78. The average molecular weight is 210 g/mol. The summed E-state index contributed by atoms with van der Waals surface area (Å²) in [5, 5.41) is 8.89. The van der Waals surface area contributed by atoms with E-state index in [1.807, 2.05) is 0 Å². The molecule has 0 aliphatic heterocycles. The molecule has 4 atom stereocenters. The highest BCUT2D eigenvalue weighted by molar-refractivity contribution is 4.95. The predicted octanol–water partition coefficient (Wildman–Crippen LogP) is 2.58. The van der Waals surface area contributed by atoms with Gasteiger partial charge in [0.05, 0.1) is 12.7 Å². The third kappa shape index (κ3) is 2.05. The predicted molar refractivity (Wildman–Crippen MR) is 60.3 cm³/mol. The van der Waals surface area contributed by atoms with Gasteiger partial charge in [-0.25, -0.2) is 0 Å². The third-order valence-corrected chi connectivity index (χ3v) is 4.56. The molecule has 2 fully saturated rings. The van der Waals surface area contributed by atoms with E-state index in [0.717, 1.165) is 36.5 Å². The molecule has 0 spiro atoms. The fourth-order valence-electron chi connectivity index (χ4n) is 3.44. The minimum Gasteiger partial charge on any atom is -0.493 e. The van der Waals surface area contributed by atoms with Crippen molar-refractivity contribution in [3.05, 3.63) is 12.3 Å². The van der Waals surface area contributed by atoms with Crippen LogP contribution in [0.25, 0.3) is 0 Å². The molecule has 0 saturated heterocycles. The zero-order chi connectivity index (χ0) is 11.0. The van der Waals surface area contributed by atoms with E-state index >= 15 is 0 Å². The molecule has 0 aromatic carbocycles. The molecule has 4 unspecified atom stereocenters. The lowest BCUT2D eigenvalue weighted by Gasteiger charge is -2.29. The molecule has 2 bridgehead atoms. The number of hydrogen-bond donors (Lipinski definition) is 1. The van der Waals surface area contributed by atoms with E-state index in [1.54, 1.807) is 0 Å². The van der Waals surface area contributed by atoms with E-state index in [2.05, 4.69) is 20.4 Å². The minimum atomic E-state index is -0.0447. The van der Waals surface area contributed by atoms with Gasteiger partial charge in [-0.1, -0.05) is 20.4 Å². The summed E-state index contributed by atoms with van der Waals surface area (Å²) < 4.78 is 5.67. The molecule has 0 aromatic rings. The first-order valence-electron chi connectivity index (χ1n) is 6.07. The molecule has 2 aliphatic rings. The first-order valence-corrected chi connectivity index (χ1v) is 6.07. The Bertz CT molecular complexity index is 233. The molecule has 2 heteroatoms. The summed E-state index contributed by atoms with van der Waals surface area (Å²) in [6.45, 7) is 8.41. The molecule has 86 valence electrons. The number of aliphatic hydroxyl groups is 1. The van der Waals surface area contributed by atoms with Crippen LogP contribution in [0.5, 0.6) is 0 Å². The highest BCUT2D eigenvalue weighted by Crippen LogP contribution is 2.50. The Hall–Kier alpha value is -0.500. The first-order chi connectivity index (χ1) is 7.11. The van der Waals surface area contributed by atoms with Crippen molar-refractivity contribution in [1.82, 2.24) is 0 Å². The fourth-order valence-corrected chi connectivity index (χ4v) is 3.44. The molecular weight excluding hydrogens is 188 g/mol. The van der Waals surface area contributed by atoms with Gasteiger partial charge >= 0.3 is 0 Å². The third-order valence-electron chi connectivity index (χ3n) is 4.56. The van der Waals surface area contributed by atoms with Gasteiger partial charge in [-0.15, -0.1) is 0 Å². The van der Waals surface area contributed by atoms with Gasteiger partial charge in [0.2, 0.25) is 0 Å². The van der Waals surface area contributed by atoms with Gasteiger partial charge < -0.3 is 9.84 Å². The van der Waals surface area contributed by atoms with E-state index in [9.17, 15) is 0 Å². The standard InChI is InChI=1S/C13H22O2/c1-8(7-14)15-13-5-11-4-12(6-13)10(3)9(11)2/h9-14H,1,4-7H2,2-3H3. The van der Waals surface area contributed by atoms with Crippen molar-refractivity contribution in [1.29, 1.82) is 0 Å². The van der Waals surface area contributed by atoms with Gasteiger partial charge in [-0.2, -0.15) is 0 Å². The SMILES string of the molecule is C=C(CO)OC1CC2CC(C1)C(C)C2C. The van der Waals surface area contributed by atoms with E-state index < -0.39 is 0 Å². The van der Waals surface area contributed by atoms with Crippen molar-refractivity contribution in [2.24, 2.45) is 23.7 Å². The second-order valence-corrected chi connectivity index (χ2v) is 5.38. The van der Waals surface area contributed by atoms with Crippen LogP contribution in [0.15, 0.2) is 12.3 Å². The second kappa shape index (κ2) is 4.17. The Balaban J connectivity index is 1.95. The number of rotatable bonds is 3. The number of aliphatic hydroxyl groups excluding tert-OH is 1. The summed E-state index contributed by atoms with van der Waals surface area (Å²) in [4.78, 5) is 0. The van der Waals surface area contributed by atoms with Crippen molar-refractivity contribution in [2.45, 2.75) is 39.2 Å². The van der Waals surface area contributed by atoms with Crippen molar-refractivity contribution in [3.63, 3.8) is 0 Å². The van der Waals surface area contributed by atoms with Crippen LogP contribution in [0.2, 0.25) is 0 Å². The van der Waals surface area contributed by atoms with Gasteiger partial charge in [0.15, 0.2) is 0 Å². The molecule has 2 nitrogen and oxygen atoms in total. The van der Waals surface area contributed by atoms with Crippen molar-refractivity contribution in [2.75, 3.05) is 6.61 Å². The number of hydrogen-bond acceptors (Lipinski definition) is 2. The van der Waals surface area contributed by atoms with Crippen LogP contribution in [-0.2, 0) is 4.74 Å². The molecule has 0 aromatic heterocycles. The van der Waals surface area contributed by atoms with Gasteiger partial charge in [0.1, 0.15) is 5.76 Å². The molecule has 0 radical (unpaired) electrons. The molecule has 2 rings (SSSR count). The molecule has 2 saturated carbocycles. The largest absolute Gasteiger partial charge is 0.493 e. The van der Waals surface area contributed by atoms with E-state index in [0.29, 0.717) is 11.9 Å². The minimum absolute atomic E-state index is 0.0447. The summed E-state index contributed by atoms with van der Waals surface area (Å²) in [7, 11) is 0. The summed E-state index contributed by atoms with van der Waals surface area (Å²) in [5.41, 5.74) is 0. The molecular formula is C13H22O2. The molecule has 0 heterocycles. The van der Waals surface area contributed by atoms with Crippen LogP contribution in [0.1, 0.15) is 33.1 Å². The van der Waals surface area contributed by atoms with Crippen LogP contribution >= 0.6 is 0 Å². The summed E-state index contributed by atoms with van der Waals surface area (Å²) in [5.74, 6) is 3.86. The Kier molecular flexibility index (Phi) is 3.06. The maximum Gasteiger partial charge on any atom is 0.115 e. The maximum absolute atomic E-state index is 8.89. The van der Waals surface area contributed by atoms with Crippen molar-refractivity contribution >= 4 is 0 Å². The molecule has 2 aliphatic carbocycles. The highest BCUT2D eigenvalue weighted by atomic mass is 16.5. The van der Waals surface area contributed by atoms with Crippen LogP contribution in [0, 0.1) is 23.7 Å². The summed E-state index contributed by atoms with van der Waals surface area (Å²) in [6.07, 6.45) is 4.00. The zero-order valence-corrected chi connectivity index (χ0v) is 9.78. The first kappa shape index (κ1) is 11.0. The number of ether oxygens (including phenoxy) is 1. The average Bonchev–Trinajstić information content (AvgIpc) is 2.43. The van der Waals surface area contributed by atoms with Crippen LogP contribution < -0.4 is 0 Å². The van der Waals surface area contributed by atoms with Crippen LogP contribution in [0.3, 0.4) is 0 Å². The maximum atomic E-state index is 8.89. The Morgan fingerprint density at radius 3 is 2.20 bits per heavy atom. The van der Waals surface area contributed by atoms with E-state index in [4.69, 9.17) is 9.84 Å². The highest BCUT2D eigenvalue weighted by Gasteiger charge is 2.44. The topological polar surface area (TPSA) is 29.5 Å². The number of fused-ring (bicyclic) bond motifs is 2.